The van der Waals surface area contributed by atoms with Crippen LogP contribution in [0.2, 0.25) is 0 Å². The molecule has 0 heteroatoms. The summed E-state index contributed by atoms with van der Waals surface area (Å²) in [7, 11) is 0. The summed E-state index contributed by atoms with van der Waals surface area (Å²) in [5.41, 5.74) is 21.7. The van der Waals surface area contributed by atoms with Crippen LogP contribution in [0.4, 0.5) is 0 Å². The van der Waals surface area contributed by atoms with Gasteiger partial charge in [-0.2, -0.15) is 0 Å². The fourth-order valence-electron chi connectivity index (χ4n) is 9.01. The van der Waals surface area contributed by atoms with Crippen molar-refractivity contribution in [3.8, 4) is 33.4 Å². The fraction of sp³-hybridized carbons (Fsp3) is 0.317. The molecule has 4 aromatic rings. The average molecular weight is 535 g/mol. The molecule has 0 bridgehead atoms. The van der Waals surface area contributed by atoms with Crippen LogP contribution in [0.15, 0.2) is 78.9 Å². The monoisotopic (exact) mass is 534 g/mol. The zero-order valence-corrected chi connectivity index (χ0v) is 25.6. The van der Waals surface area contributed by atoms with Crippen molar-refractivity contribution < 1.29 is 0 Å². The topological polar surface area (TPSA) is 0 Å². The lowest BCUT2D eigenvalue weighted by atomic mass is 9.65. The van der Waals surface area contributed by atoms with E-state index in [0.717, 1.165) is 6.42 Å². The Bertz CT molecular complexity index is 1710. The van der Waals surface area contributed by atoms with Gasteiger partial charge in [0.15, 0.2) is 0 Å². The van der Waals surface area contributed by atoms with Gasteiger partial charge < -0.3 is 0 Å². The van der Waals surface area contributed by atoms with E-state index in [2.05, 4.69) is 120 Å². The molecule has 0 aromatic heterocycles. The van der Waals surface area contributed by atoms with Crippen molar-refractivity contribution >= 4 is 0 Å². The summed E-state index contributed by atoms with van der Waals surface area (Å²) in [6.45, 7) is 13.6. The van der Waals surface area contributed by atoms with Gasteiger partial charge in [0.05, 0.1) is 0 Å². The molecule has 0 N–H and O–H groups in total. The van der Waals surface area contributed by atoms with Gasteiger partial charge in [0.25, 0.3) is 0 Å². The van der Waals surface area contributed by atoms with Crippen LogP contribution in [0.3, 0.4) is 0 Å². The third-order valence-corrected chi connectivity index (χ3v) is 10.4. The quantitative estimate of drug-likeness (QED) is 0.215. The van der Waals surface area contributed by atoms with E-state index in [9.17, 15) is 0 Å². The number of benzene rings is 4. The van der Waals surface area contributed by atoms with Crippen LogP contribution in [0.1, 0.15) is 75.8 Å². The van der Waals surface area contributed by atoms with Gasteiger partial charge in [0.1, 0.15) is 0 Å². The lowest BCUT2D eigenvalue weighted by Gasteiger charge is -2.38. The summed E-state index contributed by atoms with van der Waals surface area (Å²) >= 11 is 0. The number of hydrogen-bond donors (Lipinski definition) is 0. The second-order valence-corrected chi connectivity index (χ2v) is 13.3. The minimum Gasteiger partial charge on any atom is -0.0767 e. The fourth-order valence-corrected chi connectivity index (χ4v) is 9.01. The van der Waals surface area contributed by atoms with Crippen molar-refractivity contribution in [3.63, 3.8) is 0 Å². The Kier molecular flexibility index (Phi) is 6.23. The van der Waals surface area contributed by atoms with Gasteiger partial charge in [-0.3, -0.25) is 0 Å². The molecule has 0 unspecified atom stereocenters. The van der Waals surface area contributed by atoms with E-state index in [1.807, 2.05) is 0 Å². The van der Waals surface area contributed by atoms with Gasteiger partial charge in [-0.05, 0) is 133 Å². The predicted molar refractivity (Wildman–Crippen MR) is 176 cm³/mol. The molecule has 3 aliphatic carbocycles. The van der Waals surface area contributed by atoms with Crippen LogP contribution in [0, 0.1) is 47.5 Å². The Balaban J connectivity index is 1.46. The first kappa shape index (κ1) is 26.3. The van der Waals surface area contributed by atoms with E-state index < -0.39 is 0 Å². The van der Waals surface area contributed by atoms with Crippen LogP contribution >= 0.6 is 0 Å². The Morgan fingerprint density at radius 1 is 0.585 bits per heavy atom. The number of allylic oxidation sites excluding steroid dienone is 4. The molecule has 0 radical (unpaired) electrons. The first-order valence-corrected chi connectivity index (χ1v) is 15.6. The van der Waals surface area contributed by atoms with Gasteiger partial charge in [-0.25, -0.2) is 0 Å². The van der Waals surface area contributed by atoms with Crippen molar-refractivity contribution in [1.82, 2.24) is 0 Å². The van der Waals surface area contributed by atoms with E-state index in [0.29, 0.717) is 5.92 Å². The van der Waals surface area contributed by atoms with Crippen molar-refractivity contribution in [2.75, 3.05) is 0 Å². The SMILES string of the molecule is Cc1cc(C)c(-c2ccc3c(c2)Cc2c-3ccc(-c3c(C)cc(C)cc3C)c2C2(C3C=CC=C3)CCCC2)c(C)c1. The molecule has 4 aromatic carbocycles. The zero-order chi connectivity index (χ0) is 28.5. The summed E-state index contributed by atoms with van der Waals surface area (Å²) in [5.74, 6) is 0.471. The summed E-state index contributed by atoms with van der Waals surface area (Å²) in [6.07, 6.45) is 15.7. The minimum absolute atomic E-state index is 0.156. The van der Waals surface area contributed by atoms with Gasteiger partial charge in [-0.15, -0.1) is 0 Å². The molecule has 7 rings (SSSR count). The smallest absolute Gasteiger partial charge is 0.00598 e. The standard InChI is InChI=1S/C41H42/c1-25-19-27(3)38(28(4)20-25)31-13-14-34-32(23-31)24-37-35(34)15-16-36(39-29(5)21-26(2)22-30(39)6)40(37)41(17-9-10-18-41)33-11-7-8-12-33/h7-8,11-16,19-23,33H,9-10,17-18,24H2,1-6H3. The summed E-state index contributed by atoms with van der Waals surface area (Å²) < 4.78 is 0. The highest BCUT2D eigenvalue weighted by Gasteiger charge is 2.45. The Labute approximate surface area is 246 Å². The molecule has 0 nitrogen and oxygen atoms in total. The van der Waals surface area contributed by atoms with Gasteiger partial charge >= 0.3 is 0 Å². The molecule has 206 valence electrons. The van der Waals surface area contributed by atoms with Crippen molar-refractivity contribution in [2.45, 2.75) is 79.1 Å². The molecular weight excluding hydrogens is 492 g/mol. The van der Waals surface area contributed by atoms with E-state index in [-0.39, 0.29) is 5.41 Å². The maximum absolute atomic E-state index is 2.50. The second-order valence-electron chi connectivity index (χ2n) is 13.3. The van der Waals surface area contributed by atoms with E-state index >= 15 is 0 Å². The Morgan fingerprint density at radius 3 is 1.73 bits per heavy atom. The molecule has 1 saturated carbocycles. The maximum Gasteiger partial charge on any atom is 0.00598 e. The molecule has 0 saturated heterocycles. The largest absolute Gasteiger partial charge is 0.0767 e. The van der Waals surface area contributed by atoms with Crippen LogP contribution in [-0.2, 0) is 11.8 Å². The molecule has 0 aliphatic heterocycles. The molecule has 1 fully saturated rings. The van der Waals surface area contributed by atoms with Crippen LogP contribution in [0.25, 0.3) is 33.4 Å². The molecule has 0 heterocycles. The number of hydrogen-bond acceptors (Lipinski definition) is 0. The normalized spacial score (nSPS) is 16.9. The average Bonchev–Trinajstić information content (AvgIpc) is 3.67. The second kappa shape index (κ2) is 9.73. The summed E-state index contributed by atoms with van der Waals surface area (Å²) in [6, 6.07) is 21.6. The molecule has 0 amide bonds. The van der Waals surface area contributed by atoms with Gasteiger partial charge in [0.2, 0.25) is 0 Å². The van der Waals surface area contributed by atoms with Crippen LogP contribution < -0.4 is 0 Å². The highest BCUT2D eigenvalue weighted by atomic mass is 14.5. The van der Waals surface area contributed by atoms with Gasteiger partial charge in [-0.1, -0.05) is 103 Å². The maximum atomic E-state index is 2.50. The third-order valence-electron chi connectivity index (χ3n) is 10.4. The van der Waals surface area contributed by atoms with E-state index in [1.165, 1.54) is 98.0 Å². The van der Waals surface area contributed by atoms with Gasteiger partial charge in [0, 0.05) is 11.3 Å². The van der Waals surface area contributed by atoms with Crippen molar-refractivity contribution in [2.24, 2.45) is 5.92 Å². The van der Waals surface area contributed by atoms with Crippen molar-refractivity contribution in [1.29, 1.82) is 0 Å². The molecule has 0 spiro atoms. The molecule has 0 atom stereocenters. The van der Waals surface area contributed by atoms with Crippen molar-refractivity contribution in [3.05, 3.63) is 129 Å². The predicted octanol–water partition coefficient (Wildman–Crippen LogP) is 11.0. The minimum atomic E-state index is 0.156. The van der Waals surface area contributed by atoms with E-state index in [1.54, 1.807) is 11.1 Å². The lowest BCUT2D eigenvalue weighted by molar-refractivity contribution is 0.375. The number of fused-ring (bicyclic) bond motifs is 3. The lowest BCUT2D eigenvalue weighted by Crippen LogP contribution is -2.32. The zero-order valence-electron chi connectivity index (χ0n) is 25.6. The summed E-state index contributed by atoms with van der Waals surface area (Å²) in [4.78, 5) is 0. The Hall–Kier alpha value is -3.64. The highest BCUT2D eigenvalue weighted by Crippen LogP contribution is 2.56. The summed E-state index contributed by atoms with van der Waals surface area (Å²) in [5, 5.41) is 0. The molecular formula is C41H42. The van der Waals surface area contributed by atoms with Crippen LogP contribution in [-0.4, -0.2) is 0 Å². The Morgan fingerprint density at radius 2 is 1.12 bits per heavy atom. The molecule has 3 aliphatic rings. The number of aryl methyl sites for hydroxylation is 6. The first-order valence-electron chi connectivity index (χ1n) is 15.6. The van der Waals surface area contributed by atoms with E-state index in [4.69, 9.17) is 0 Å². The molecule has 41 heavy (non-hydrogen) atoms. The number of rotatable bonds is 4. The van der Waals surface area contributed by atoms with Crippen LogP contribution in [0.5, 0.6) is 0 Å². The third kappa shape index (κ3) is 4.10. The first-order chi connectivity index (χ1) is 19.8. The highest BCUT2D eigenvalue weighted by molar-refractivity contribution is 5.87.